The van der Waals surface area contributed by atoms with Crippen LogP contribution in [0.1, 0.15) is 65.2 Å². The molecule has 0 bridgehead atoms. The summed E-state index contributed by atoms with van der Waals surface area (Å²) in [7, 11) is 0. The Bertz CT molecular complexity index is 37.1. The SMILES string of the molecule is [CH2-]CCCCC.[CH2-]CCCCC.[Ti+2]. The van der Waals surface area contributed by atoms with Crippen molar-refractivity contribution < 1.29 is 21.7 Å². The molecule has 0 aliphatic carbocycles. The first-order valence-corrected chi connectivity index (χ1v) is 5.41. The second-order valence-electron chi connectivity index (χ2n) is 3.12. The molecule has 0 saturated carbocycles. The van der Waals surface area contributed by atoms with Crippen LogP contribution in [0.3, 0.4) is 0 Å². The summed E-state index contributed by atoms with van der Waals surface area (Å²) >= 11 is 0. The minimum Gasteiger partial charge on any atom is -0.343 e. The molecule has 78 valence electrons. The molecule has 0 radical (unpaired) electrons. The average molecular weight is 218 g/mol. The van der Waals surface area contributed by atoms with Gasteiger partial charge in [0.2, 0.25) is 0 Å². The van der Waals surface area contributed by atoms with E-state index in [1.54, 1.807) is 0 Å². The molecule has 13 heavy (non-hydrogen) atoms. The number of rotatable bonds is 6. The van der Waals surface area contributed by atoms with Crippen molar-refractivity contribution >= 4 is 0 Å². The summed E-state index contributed by atoms with van der Waals surface area (Å²) in [5.74, 6) is 0. The topological polar surface area (TPSA) is 0 Å². The molecule has 1 heteroatoms. The van der Waals surface area contributed by atoms with Crippen LogP contribution >= 0.6 is 0 Å². The molecule has 0 aromatic carbocycles. The number of hydrogen-bond acceptors (Lipinski definition) is 0. The molecule has 0 aromatic heterocycles. The molecular formula is C12H26Ti. The molecule has 0 nitrogen and oxygen atoms in total. The van der Waals surface area contributed by atoms with E-state index < -0.39 is 0 Å². The van der Waals surface area contributed by atoms with E-state index in [1.807, 2.05) is 0 Å². The Morgan fingerprint density at radius 3 is 1.08 bits per heavy atom. The molecule has 0 aliphatic heterocycles. The Balaban J connectivity index is -0.000000143. The van der Waals surface area contributed by atoms with Gasteiger partial charge in [0.05, 0.1) is 0 Å². The van der Waals surface area contributed by atoms with Gasteiger partial charge in [0.25, 0.3) is 0 Å². The first-order chi connectivity index (χ1) is 5.83. The summed E-state index contributed by atoms with van der Waals surface area (Å²) in [6, 6.07) is 0. The second-order valence-corrected chi connectivity index (χ2v) is 3.12. The van der Waals surface area contributed by atoms with Crippen LogP contribution in [0, 0.1) is 13.8 Å². The Morgan fingerprint density at radius 1 is 0.692 bits per heavy atom. The van der Waals surface area contributed by atoms with Gasteiger partial charge in [-0.05, 0) is 0 Å². The van der Waals surface area contributed by atoms with E-state index in [4.69, 9.17) is 0 Å². The Hall–Kier alpha value is 0.714. The van der Waals surface area contributed by atoms with Gasteiger partial charge in [0.15, 0.2) is 0 Å². The van der Waals surface area contributed by atoms with Gasteiger partial charge in [0.1, 0.15) is 0 Å². The summed E-state index contributed by atoms with van der Waals surface area (Å²) < 4.78 is 0. The molecular weight excluding hydrogens is 192 g/mol. The van der Waals surface area contributed by atoms with Crippen LogP contribution in [0.2, 0.25) is 0 Å². The Labute approximate surface area is 101 Å². The van der Waals surface area contributed by atoms with E-state index in [0.29, 0.717) is 0 Å². The zero-order chi connectivity index (χ0) is 9.66. The summed E-state index contributed by atoms with van der Waals surface area (Å²) in [6.07, 6.45) is 10.1. The van der Waals surface area contributed by atoms with Crippen LogP contribution in [-0.4, -0.2) is 0 Å². The first kappa shape index (κ1) is 19.3. The summed E-state index contributed by atoms with van der Waals surface area (Å²) in [6.45, 7) is 11.9. The molecule has 0 heterocycles. The molecule has 0 spiro atoms. The van der Waals surface area contributed by atoms with Crippen LogP contribution in [0.25, 0.3) is 0 Å². The predicted molar refractivity (Wildman–Crippen MR) is 59.0 cm³/mol. The van der Waals surface area contributed by atoms with Crippen molar-refractivity contribution in [3.8, 4) is 0 Å². The third kappa shape index (κ3) is 32.4. The minimum atomic E-state index is 0. The minimum absolute atomic E-state index is 0. The van der Waals surface area contributed by atoms with Gasteiger partial charge in [-0.1, -0.05) is 52.4 Å². The van der Waals surface area contributed by atoms with Gasteiger partial charge in [-0.2, -0.15) is 12.8 Å². The van der Waals surface area contributed by atoms with Gasteiger partial charge >= 0.3 is 21.7 Å². The monoisotopic (exact) mass is 218 g/mol. The van der Waals surface area contributed by atoms with Crippen LogP contribution in [0.5, 0.6) is 0 Å². The number of hydrogen-bond donors (Lipinski definition) is 0. The van der Waals surface area contributed by atoms with Crippen molar-refractivity contribution in [2.75, 3.05) is 0 Å². The van der Waals surface area contributed by atoms with E-state index in [1.165, 1.54) is 38.5 Å². The average Bonchev–Trinajstić information content (AvgIpc) is 2.12. The van der Waals surface area contributed by atoms with Crippen molar-refractivity contribution in [3.05, 3.63) is 13.8 Å². The van der Waals surface area contributed by atoms with Crippen molar-refractivity contribution in [3.63, 3.8) is 0 Å². The molecule has 0 aromatic rings. The third-order valence-corrected chi connectivity index (χ3v) is 1.71. The van der Waals surface area contributed by atoms with Gasteiger partial charge in [0, 0.05) is 0 Å². The van der Waals surface area contributed by atoms with E-state index in [2.05, 4.69) is 27.7 Å². The fourth-order valence-corrected chi connectivity index (χ4v) is 0.854. The van der Waals surface area contributed by atoms with Crippen molar-refractivity contribution in [2.45, 2.75) is 65.2 Å². The Morgan fingerprint density at radius 2 is 1.00 bits per heavy atom. The molecule has 0 amide bonds. The van der Waals surface area contributed by atoms with E-state index >= 15 is 0 Å². The van der Waals surface area contributed by atoms with Crippen molar-refractivity contribution in [1.82, 2.24) is 0 Å². The molecule has 0 N–H and O–H groups in total. The quantitative estimate of drug-likeness (QED) is 0.341. The summed E-state index contributed by atoms with van der Waals surface area (Å²) in [5, 5.41) is 0. The smallest absolute Gasteiger partial charge is 0.343 e. The van der Waals surface area contributed by atoms with Crippen molar-refractivity contribution in [2.24, 2.45) is 0 Å². The second kappa shape index (κ2) is 23.0. The molecule has 0 fully saturated rings. The normalized spacial score (nSPS) is 8.31. The maximum atomic E-state index is 3.72. The third-order valence-electron chi connectivity index (χ3n) is 1.71. The zero-order valence-corrected chi connectivity index (χ0v) is 11.1. The van der Waals surface area contributed by atoms with Gasteiger partial charge in [-0.3, -0.25) is 0 Å². The zero-order valence-electron chi connectivity index (χ0n) is 9.57. The molecule has 0 saturated heterocycles. The molecule has 0 aliphatic rings. The molecule has 0 atom stereocenters. The predicted octanol–water partition coefficient (Wildman–Crippen LogP) is 4.80. The van der Waals surface area contributed by atoms with E-state index in [9.17, 15) is 0 Å². The summed E-state index contributed by atoms with van der Waals surface area (Å²) in [4.78, 5) is 0. The Kier molecular flexibility index (Phi) is 34.1. The fraction of sp³-hybridized carbons (Fsp3) is 0.833. The van der Waals surface area contributed by atoms with Crippen LogP contribution in [0.15, 0.2) is 0 Å². The fourth-order valence-electron chi connectivity index (χ4n) is 0.854. The standard InChI is InChI=1S/2C6H13.Ti/c2*1-3-5-6-4-2;/h2*1,3-6H2,2H3;/q2*-1;+2. The van der Waals surface area contributed by atoms with E-state index in [0.717, 1.165) is 12.8 Å². The van der Waals surface area contributed by atoms with Crippen LogP contribution < -0.4 is 0 Å². The van der Waals surface area contributed by atoms with Gasteiger partial charge in [-0.25, -0.2) is 0 Å². The summed E-state index contributed by atoms with van der Waals surface area (Å²) in [5.41, 5.74) is 0. The van der Waals surface area contributed by atoms with Crippen LogP contribution in [-0.2, 0) is 21.7 Å². The first-order valence-electron chi connectivity index (χ1n) is 5.41. The van der Waals surface area contributed by atoms with Crippen LogP contribution in [0.4, 0.5) is 0 Å². The molecule has 0 unspecified atom stereocenters. The largest absolute Gasteiger partial charge is 2.00 e. The maximum absolute atomic E-state index is 3.72. The maximum Gasteiger partial charge on any atom is 2.00 e. The van der Waals surface area contributed by atoms with Gasteiger partial charge < -0.3 is 13.8 Å². The van der Waals surface area contributed by atoms with E-state index in [-0.39, 0.29) is 21.7 Å². The van der Waals surface area contributed by atoms with Gasteiger partial charge in [-0.15, -0.1) is 0 Å². The van der Waals surface area contributed by atoms with Crippen molar-refractivity contribution in [1.29, 1.82) is 0 Å². The number of unbranched alkanes of at least 4 members (excludes halogenated alkanes) is 6. The molecule has 0 rings (SSSR count).